The number of methoxy groups -OCH3 is 1. The van der Waals surface area contributed by atoms with Crippen molar-refractivity contribution in [3.63, 3.8) is 0 Å². The van der Waals surface area contributed by atoms with Crippen molar-refractivity contribution in [2.24, 2.45) is 23.7 Å². The average Bonchev–Trinajstić information content (AvgIpc) is 3.60. The van der Waals surface area contributed by atoms with Gasteiger partial charge in [-0.05, 0) is 73.1 Å². The van der Waals surface area contributed by atoms with Crippen LogP contribution in [0.1, 0.15) is 48.3 Å². The van der Waals surface area contributed by atoms with Crippen LogP contribution >= 0.6 is 27.5 Å². The third kappa shape index (κ3) is 5.66. The number of benzene rings is 4. The van der Waals surface area contributed by atoms with Gasteiger partial charge in [0.1, 0.15) is 0 Å². The number of anilines is 1. The first-order chi connectivity index (χ1) is 27.1. The molecule has 4 fully saturated rings. The Balaban J connectivity index is 1.15. The molecule has 9 rings (SSSR count). The normalized spacial score (nSPS) is 27.9. The Morgan fingerprint density at radius 1 is 0.857 bits per heavy atom. The van der Waals surface area contributed by atoms with E-state index in [1.807, 2.05) is 54.6 Å². The molecule has 56 heavy (non-hydrogen) atoms. The molecule has 11 heteroatoms. The van der Waals surface area contributed by atoms with Gasteiger partial charge in [-0.2, -0.15) is 0 Å². The lowest BCUT2D eigenvalue weighted by atomic mass is 9.49. The van der Waals surface area contributed by atoms with Crippen molar-refractivity contribution in [2.75, 3.05) is 25.1 Å². The van der Waals surface area contributed by atoms with E-state index >= 15 is 9.59 Å². The summed E-state index contributed by atoms with van der Waals surface area (Å²) in [6, 6.07) is 29.5. The van der Waals surface area contributed by atoms with E-state index in [1.165, 1.54) is 17.6 Å². The lowest BCUT2D eigenvalue weighted by molar-refractivity contribution is -0.144. The smallest absolute Gasteiger partial charge is 0.246 e. The standard InChI is InChI=1S/C45H41BrClN3O6/c1-56-37-22-28(46)21-35(40(37)51)39-32-15-16-33-38(43(54)49(41(33)52)30-17-19-48(20-18-30)25-26-9-4-2-5-10-26)34(32)24-36-42(53)50(31-14-8-13-29(47)23-31)44(55)45(36,39)27-11-6-3-7-12-27/h2-15,21-23,30,33-34,36,38-39,51H,16-20,24-25H2,1H3. The number of fused-ring (bicyclic) bond motifs is 4. The Bertz CT molecular complexity index is 2280. The van der Waals surface area contributed by atoms with Gasteiger partial charge in [0.15, 0.2) is 11.5 Å². The Kier molecular flexibility index (Phi) is 9.42. The highest BCUT2D eigenvalue weighted by molar-refractivity contribution is 9.10. The molecule has 9 nitrogen and oxygen atoms in total. The number of carbonyl (C=O) groups is 4. The lowest BCUT2D eigenvalue weighted by Gasteiger charge is -2.50. The summed E-state index contributed by atoms with van der Waals surface area (Å²) >= 11 is 10.1. The summed E-state index contributed by atoms with van der Waals surface area (Å²) < 4.78 is 6.24. The van der Waals surface area contributed by atoms with Crippen molar-refractivity contribution in [2.45, 2.75) is 49.6 Å². The molecule has 1 saturated carbocycles. The van der Waals surface area contributed by atoms with Crippen LogP contribution in [0.3, 0.4) is 0 Å². The number of allylic oxidation sites excluding steroid dienone is 2. The van der Waals surface area contributed by atoms with E-state index in [0.29, 0.717) is 45.6 Å². The molecule has 4 aromatic carbocycles. The van der Waals surface area contributed by atoms with Crippen molar-refractivity contribution >= 4 is 56.8 Å². The Hall–Kier alpha value is -4.77. The van der Waals surface area contributed by atoms with Crippen LogP contribution in [0, 0.1) is 23.7 Å². The van der Waals surface area contributed by atoms with Crippen LogP contribution in [-0.4, -0.2) is 64.8 Å². The Morgan fingerprint density at radius 2 is 1.57 bits per heavy atom. The molecule has 0 spiro atoms. The summed E-state index contributed by atoms with van der Waals surface area (Å²) in [6.07, 6.45) is 3.87. The van der Waals surface area contributed by atoms with Gasteiger partial charge in [-0.3, -0.25) is 29.0 Å². The van der Waals surface area contributed by atoms with Gasteiger partial charge < -0.3 is 9.84 Å². The number of hydrogen-bond donors (Lipinski definition) is 1. The van der Waals surface area contributed by atoms with E-state index in [0.717, 1.165) is 25.2 Å². The van der Waals surface area contributed by atoms with Crippen LogP contribution in [0.25, 0.3) is 0 Å². The fourth-order valence-corrected chi connectivity index (χ4v) is 11.3. The van der Waals surface area contributed by atoms with Gasteiger partial charge in [0.2, 0.25) is 23.6 Å². The summed E-state index contributed by atoms with van der Waals surface area (Å²) in [5, 5.41) is 12.4. The van der Waals surface area contributed by atoms with E-state index in [2.05, 4.69) is 33.0 Å². The van der Waals surface area contributed by atoms with E-state index < -0.39 is 46.8 Å². The molecular weight excluding hydrogens is 794 g/mol. The predicted octanol–water partition coefficient (Wildman–Crippen LogP) is 7.64. The molecule has 3 saturated heterocycles. The molecule has 0 radical (unpaired) electrons. The van der Waals surface area contributed by atoms with Crippen LogP contribution in [-0.2, 0) is 31.1 Å². The SMILES string of the molecule is COc1cc(Br)cc(C2C3=CCC4C(=O)N(C5CCN(Cc6ccccc6)CC5)C(=O)C4C3CC3C(=O)N(c4cccc(Cl)c4)C(=O)C32c2ccccc2)c1O. The number of ether oxygens (including phenoxy) is 1. The number of carbonyl (C=O) groups excluding carboxylic acids is 4. The maximum Gasteiger partial charge on any atom is 0.246 e. The van der Waals surface area contributed by atoms with Gasteiger partial charge in [0.25, 0.3) is 0 Å². The van der Waals surface area contributed by atoms with Crippen molar-refractivity contribution in [3.8, 4) is 11.5 Å². The molecule has 3 heterocycles. The minimum absolute atomic E-state index is 0.155. The van der Waals surface area contributed by atoms with Gasteiger partial charge >= 0.3 is 0 Å². The highest BCUT2D eigenvalue weighted by Gasteiger charge is 2.70. The molecular formula is C45H41BrClN3O6. The number of phenolic OH excluding ortho intramolecular Hbond substituents is 1. The monoisotopic (exact) mass is 833 g/mol. The number of nitrogens with zero attached hydrogens (tertiary/aromatic N) is 3. The van der Waals surface area contributed by atoms with Crippen LogP contribution in [0.5, 0.6) is 11.5 Å². The zero-order valence-electron chi connectivity index (χ0n) is 30.8. The second kappa shape index (κ2) is 14.3. The van der Waals surface area contributed by atoms with E-state index in [1.54, 1.807) is 41.3 Å². The number of halogens is 2. The Morgan fingerprint density at radius 3 is 2.27 bits per heavy atom. The first-order valence-electron chi connectivity index (χ1n) is 19.2. The third-order valence-electron chi connectivity index (χ3n) is 13.0. The van der Waals surface area contributed by atoms with E-state index in [9.17, 15) is 14.7 Å². The number of imide groups is 2. The molecule has 6 unspecified atom stereocenters. The van der Waals surface area contributed by atoms with Gasteiger partial charge in [-0.1, -0.05) is 106 Å². The number of likely N-dealkylation sites (tertiary alicyclic amines) is 2. The van der Waals surface area contributed by atoms with Crippen molar-refractivity contribution in [1.82, 2.24) is 9.80 Å². The lowest BCUT2D eigenvalue weighted by Crippen LogP contribution is -2.53. The third-order valence-corrected chi connectivity index (χ3v) is 13.7. The fraction of sp³-hybridized carbons (Fsp3) is 0.333. The molecule has 2 aliphatic carbocycles. The van der Waals surface area contributed by atoms with E-state index in [-0.39, 0.29) is 35.8 Å². The van der Waals surface area contributed by atoms with Gasteiger partial charge in [0.05, 0.1) is 36.0 Å². The van der Waals surface area contributed by atoms with E-state index in [4.69, 9.17) is 16.3 Å². The van der Waals surface area contributed by atoms with Gasteiger partial charge in [-0.25, -0.2) is 4.90 Å². The van der Waals surface area contributed by atoms with Crippen LogP contribution in [0.4, 0.5) is 5.69 Å². The van der Waals surface area contributed by atoms with Gasteiger partial charge in [0, 0.05) is 46.7 Å². The average molecular weight is 835 g/mol. The van der Waals surface area contributed by atoms with Crippen LogP contribution < -0.4 is 9.64 Å². The number of piperidine rings is 1. The molecule has 286 valence electrons. The minimum Gasteiger partial charge on any atom is -0.504 e. The second-order valence-corrected chi connectivity index (χ2v) is 17.0. The molecule has 5 aliphatic rings. The number of phenols is 1. The summed E-state index contributed by atoms with van der Waals surface area (Å²) in [6.45, 7) is 2.35. The summed E-state index contributed by atoms with van der Waals surface area (Å²) in [5.41, 5.74) is 1.85. The fourth-order valence-electron chi connectivity index (χ4n) is 10.6. The largest absolute Gasteiger partial charge is 0.504 e. The zero-order valence-corrected chi connectivity index (χ0v) is 33.2. The van der Waals surface area contributed by atoms with Crippen LogP contribution in [0.15, 0.2) is 113 Å². The molecule has 6 atom stereocenters. The predicted molar refractivity (Wildman–Crippen MR) is 215 cm³/mol. The maximum atomic E-state index is 15.5. The summed E-state index contributed by atoms with van der Waals surface area (Å²) in [4.78, 5) is 65.0. The molecule has 1 N–H and O–H groups in total. The Labute approximate surface area is 339 Å². The van der Waals surface area contributed by atoms with Gasteiger partial charge in [-0.15, -0.1) is 0 Å². The van der Waals surface area contributed by atoms with Crippen molar-refractivity contribution in [3.05, 3.63) is 135 Å². The molecule has 0 bridgehead atoms. The van der Waals surface area contributed by atoms with Crippen molar-refractivity contribution < 1.29 is 29.0 Å². The van der Waals surface area contributed by atoms with Crippen molar-refractivity contribution in [1.29, 1.82) is 0 Å². The highest BCUT2D eigenvalue weighted by Crippen LogP contribution is 2.66. The molecule has 3 aliphatic heterocycles. The first kappa shape index (κ1) is 36.8. The molecule has 0 aromatic heterocycles. The highest BCUT2D eigenvalue weighted by atomic mass is 79.9. The summed E-state index contributed by atoms with van der Waals surface area (Å²) in [5.74, 6) is -4.83. The first-order valence-corrected chi connectivity index (χ1v) is 20.4. The number of amides is 4. The minimum atomic E-state index is -1.52. The molecule has 4 aromatic rings. The number of hydrogen-bond acceptors (Lipinski definition) is 7. The quantitative estimate of drug-likeness (QED) is 0.151. The number of rotatable bonds is 7. The van der Waals surface area contributed by atoms with Crippen LogP contribution in [0.2, 0.25) is 5.02 Å². The molecule has 4 amide bonds. The number of aromatic hydroxyl groups is 1. The topological polar surface area (TPSA) is 107 Å². The zero-order chi connectivity index (χ0) is 38.9. The summed E-state index contributed by atoms with van der Waals surface area (Å²) in [7, 11) is 1.46. The second-order valence-electron chi connectivity index (χ2n) is 15.7. The maximum absolute atomic E-state index is 15.5.